The number of halogens is 2. The monoisotopic (exact) mass is 1820 g/mol. The zero-order chi connectivity index (χ0) is 86.8. The van der Waals surface area contributed by atoms with Crippen LogP contribution in [0.5, 0.6) is 11.5 Å². The lowest BCUT2D eigenvalue weighted by molar-refractivity contribution is -0.154. The molecule has 3 aromatic carbocycles. The molecule has 4 amide bonds. The average molecular weight is 1830 g/mol. The summed E-state index contributed by atoms with van der Waals surface area (Å²) in [6, 6.07) is 37.2. The first-order valence-corrected chi connectivity index (χ1v) is 47.1. The minimum absolute atomic E-state index is 0.0218. The van der Waals surface area contributed by atoms with Crippen LogP contribution in [0.4, 0.5) is 9.59 Å². The highest BCUT2D eigenvalue weighted by atomic mass is 79.9. The second-order valence-corrected chi connectivity index (χ2v) is 40.9. The Hall–Kier alpha value is -7.75. The summed E-state index contributed by atoms with van der Waals surface area (Å²) in [6.07, 6.45) is 15.5. The molecule has 0 fully saturated rings. The first-order valence-electron chi connectivity index (χ1n) is 42.2. The third-order valence-electron chi connectivity index (χ3n) is 21.1. The van der Waals surface area contributed by atoms with Gasteiger partial charge in [-0.3, -0.25) is 24.0 Å². The summed E-state index contributed by atoms with van der Waals surface area (Å²) in [5.41, 5.74) is 6.28. The van der Waals surface area contributed by atoms with E-state index < -0.39 is 36.2 Å². The highest BCUT2D eigenvalue weighted by Crippen LogP contribution is 2.53. The molecule has 119 heavy (non-hydrogen) atoms. The Kier molecular flexibility index (Phi) is 34.6. The van der Waals surface area contributed by atoms with Gasteiger partial charge in [0.1, 0.15) is 28.3 Å². The van der Waals surface area contributed by atoms with Crippen LogP contribution in [0.25, 0.3) is 43.7 Å². The maximum absolute atomic E-state index is 15.2. The lowest BCUT2D eigenvalue weighted by Crippen LogP contribution is -2.34. The number of benzene rings is 3. The van der Waals surface area contributed by atoms with Crippen LogP contribution in [0, 0.1) is 23.7 Å². The van der Waals surface area contributed by atoms with Crippen molar-refractivity contribution >= 4 is 154 Å². The van der Waals surface area contributed by atoms with Gasteiger partial charge in [-0.1, -0.05) is 157 Å². The number of amides is 4. The Balaban J connectivity index is 0.000000245. The molecule has 0 spiro atoms. The van der Waals surface area contributed by atoms with Gasteiger partial charge in [0.2, 0.25) is 0 Å². The Labute approximate surface area is 737 Å². The summed E-state index contributed by atoms with van der Waals surface area (Å²) in [4.78, 5) is 109. The Morgan fingerprint density at radius 1 is 0.378 bits per heavy atom. The van der Waals surface area contributed by atoms with Crippen LogP contribution >= 0.6 is 77.2 Å². The number of rotatable bonds is 35. The van der Waals surface area contributed by atoms with Gasteiger partial charge in [-0.25, -0.2) is 9.59 Å². The lowest BCUT2D eigenvalue weighted by atomic mass is 9.80. The molecule has 0 aliphatic carbocycles. The van der Waals surface area contributed by atoms with Gasteiger partial charge in [0, 0.05) is 35.9 Å². The zero-order valence-corrected chi connectivity index (χ0v) is 78.7. The largest absolute Gasteiger partial charge is 0.514 e. The first-order chi connectivity index (χ1) is 56.5. The number of thiophene rings is 4. The summed E-state index contributed by atoms with van der Waals surface area (Å²) in [6.45, 7) is 36.1. The third-order valence-corrected chi connectivity index (χ3v) is 26.6. The molecule has 7 aromatic rings. The summed E-state index contributed by atoms with van der Waals surface area (Å²) in [7, 11) is -1.48. The minimum Gasteiger partial charge on any atom is -0.460 e. The number of hydrogen-bond donors (Lipinski definition) is 2. The molecule has 640 valence electrons. The smallest absolute Gasteiger partial charge is 0.460 e. The van der Waals surface area contributed by atoms with E-state index in [4.69, 9.17) is 33.7 Å². The van der Waals surface area contributed by atoms with Gasteiger partial charge < -0.3 is 53.3 Å². The van der Waals surface area contributed by atoms with Crippen molar-refractivity contribution < 1.29 is 67.3 Å². The van der Waals surface area contributed by atoms with Crippen LogP contribution < -0.4 is 14.9 Å². The molecule has 4 aliphatic rings. The Bertz CT molecular complexity index is 4540. The van der Waals surface area contributed by atoms with Crippen LogP contribution in [0.3, 0.4) is 0 Å². The summed E-state index contributed by atoms with van der Waals surface area (Å²) < 4.78 is 28.7. The van der Waals surface area contributed by atoms with Crippen molar-refractivity contribution in [2.24, 2.45) is 23.7 Å². The van der Waals surface area contributed by atoms with Gasteiger partial charge in [-0.2, -0.15) is 0 Å². The number of esters is 1. The predicted octanol–water partition coefficient (Wildman–Crippen LogP) is 23.8. The summed E-state index contributed by atoms with van der Waals surface area (Å²) >= 11 is 13.5. The molecular weight excluding hydrogens is 1710 g/mol. The number of ether oxygens (including phenoxy) is 5. The number of carbonyl (C=O) groups is 7. The highest BCUT2D eigenvalue weighted by molar-refractivity contribution is 9.11. The molecule has 4 aromatic heterocycles. The fourth-order valence-electron chi connectivity index (χ4n) is 14.8. The molecule has 0 saturated carbocycles. The maximum atomic E-state index is 15.2. The number of hydrogen-bond acceptors (Lipinski definition) is 18. The lowest BCUT2D eigenvalue weighted by Gasteiger charge is -2.29. The predicted molar refractivity (Wildman–Crippen MR) is 491 cm³/mol. The van der Waals surface area contributed by atoms with Gasteiger partial charge in [0.05, 0.1) is 78.6 Å². The van der Waals surface area contributed by atoms with E-state index in [1.165, 1.54) is 0 Å². The molecule has 0 saturated heterocycles. The first kappa shape index (κ1) is 95.1. The number of carbonyl (C=O) groups excluding carboxylic acids is 7. The fraction of sp³-hybridized carbons (Fsp3) is 0.479. The van der Waals surface area contributed by atoms with Crippen molar-refractivity contribution in [2.75, 3.05) is 26.2 Å². The van der Waals surface area contributed by atoms with Gasteiger partial charge in [0.25, 0.3) is 23.6 Å². The number of fused-ring (bicyclic) bond motifs is 2. The van der Waals surface area contributed by atoms with E-state index in [1.54, 1.807) is 135 Å². The summed E-state index contributed by atoms with van der Waals surface area (Å²) in [5.74, 6) is 1.47. The van der Waals surface area contributed by atoms with Crippen molar-refractivity contribution in [3.05, 3.63) is 176 Å². The van der Waals surface area contributed by atoms with E-state index in [2.05, 4.69) is 87.2 Å². The van der Waals surface area contributed by atoms with E-state index in [1.807, 2.05) is 113 Å². The van der Waals surface area contributed by atoms with Gasteiger partial charge in [-0.05, 0) is 263 Å². The van der Waals surface area contributed by atoms with Crippen LogP contribution in [-0.4, -0.2) is 122 Å². The molecule has 11 rings (SSSR count). The van der Waals surface area contributed by atoms with Crippen molar-refractivity contribution in [1.82, 2.24) is 19.6 Å². The third kappa shape index (κ3) is 25.5. The van der Waals surface area contributed by atoms with Crippen LogP contribution in [0.2, 0.25) is 0 Å². The average Bonchev–Trinajstić information content (AvgIpc) is 1.56. The number of unbranched alkanes of at least 4 members (excludes halogenated alkanes) is 4. The zero-order valence-electron chi connectivity index (χ0n) is 72.3. The van der Waals surface area contributed by atoms with E-state index in [0.717, 1.165) is 168 Å². The fourth-order valence-corrected chi connectivity index (χ4v) is 19.8. The molecule has 0 radical (unpaired) electrons. The van der Waals surface area contributed by atoms with Crippen LogP contribution in [-0.2, 0) is 44.6 Å². The van der Waals surface area contributed by atoms with E-state index in [-0.39, 0.29) is 47.9 Å². The van der Waals surface area contributed by atoms with Crippen molar-refractivity contribution in [1.29, 1.82) is 0 Å². The van der Waals surface area contributed by atoms with Crippen LogP contribution in [0.15, 0.2) is 151 Å². The maximum Gasteiger partial charge on any atom is 0.514 e. The Morgan fingerprint density at radius 2 is 0.655 bits per heavy atom. The van der Waals surface area contributed by atoms with Crippen molar-refractivity contribution in [3.8, 4) is 32.4 Å². The normalized spacial score (nSPS) is 15.3. The van der Waals surface area contributed by atoms with Crippen LogP contribution in [0.1, 0.15) is 246 Å². The highest BCUT2D eigenvalue weighted by Gasteiger charge is 2.52. The second-order valence-electron chi connectivity index (χ2n) is 33.8. The van der Waals surface area contributed by atoms with E-state index >= 15 is 9.59 Å². The molecule has 4 unspecified atom stereocenters. The molecule has 4 aliphatic heterocycles. The molecule has 8 heterocycles. The van der Waals surface area contributed by atoms with Crippen molar-refractivity contribution in [3.63, 3.8) is 0 Å². The second kappa shape index (κ2) is 43.3. The molecule has 2 N–H and O–H groups in total. The molecule has 0 bridgehead atoms. The van der Waals surface area contributed by atoms with Crippen molar-refractivity contribution in [2.45, 2.75) is 244 Å². The van der Waals surface area contributed by atoms with Gasteiger partial charge >= 0.3 is 25.4 Å². The number of nitrogens with zero attached hydrogens (tertiary/aromatic N) is 4. The molecular formula is C94H119BBr2N4O14S4. The van der Waals surface area contributed by atoms with Gasteiger partial charge in [-0.15, -0.1) is 45.3 Å². The topological polar surface area (TPSA) is 219 Å². The molecule has 4 atom stereocenters. The minimum atomic E-state index is -1.48. The van der Waals surface area contributed by atoms with E-state index in [0.29, 0.717) is 88.7 Å². The SMILES string of the molecule is CC(C)(C)OC(=O)Cc1ccc(B(O)O)cc1.CCCCC(CC)CN1C(=O)C2=C(c3ccc(-c4ccc(OC(=O)OC(C)(C)C)cc4)s3)N(CC(CC)CCCC)C(=O)C2=C1c1ccc(-c2ccc(OC(=O)OC(C)(C)C)cc2)s1.CCCCC(CC)CN1C(=O)C2=C(c3ccc(Br)s3)N(CC(CC)CCCC)C(=O)C2=C1c1ccc(Br)s1. The van der Waals surface area contributed by atoms with Gasteiger partial charge in [0.15, 0.2) is 0 Å². The molecule has 25 heteroatoms. The molecule has 18 nitrogen and oxygen atoms in total. The quantitative estimate of drug-likeness (QED) is 0.0163. The van der Waals surface area contributed by atoms with E-state index in [9.17, 15) is 24.0 Å². The summed E-state index contributed by atoms with van der Waals surface area (Å²) in [5, 5.41) is 17.8. The standard InChI is InChI=1S/C52H64N2O8S2.C30H38Br2N2O2S2.C12H17BO4/c1-11-15-17-33(13-3)31-53-45(41-29-27-39(63-41)35-19-23-37(24-20-35)59-49(57)61-51(5,6)7)43-44(47(53)55)46(54(48(43)56)32-34(14-4)18-16-12-2)42-30-28-40(64-42)36-21-25-38(26-22-36)60-50(58)62-52(8,9)10;1-5-9-11-19(7-3)17-33-27(21-13-15-23(31)37-21)25-26(29(33)35)28(22-14-16-24(32)38-22)34(30(25)36)18-20(8-4)12-10-6-2;1-12(2,3)17-11(14)8-9-4-6-10(7-5-9)13(15)16/h19-30,33-34H,11-18,31-32H2,1-10H3;13-16,19-20H,5-12,17-18H2,1-4H3;4-7,15-16H,8H2,1-3H3. The Morgan fingerprint density at radius 3 is 0.908 bits per heavy atom.